The zero-order valence-electron chi connectivity index (χ0n) is 14.1. The largest absolute Gasteiger partial charge is 1.00 e. The van der Waals surface area contributed by atoms with E-state index in [0.29, 0.717) is 0 Å². The molecule has 6 heteroatoms. The van der Waals surface area contributed by atoms with Crippen LogP contribution in [0.3, 0.4) is 0 Å². The number of piperidine rings is 1. The second-order valence-corrected chi connectivity index (χ2v) is 7.42. The van der Waals surface area contributed by atoms with Crippen LogP contribution in [0.15, 0.2) is 39.2 Å². The SMILES string of the molecule is COC(C[NH+]1CCC(=C(c2ccsc2)c2ccsc2)CC1)OC.[Cl-]. The van der Waals surface area contributed by atoms with E-state index < -0.39 is 0 Å². The summed E-state index contributed by atoms with van der Waals surface area (Å²) >= 11 is 3.55. The molecule has 0 bridgehead atoms. The molecule has 3 heterocycles. The van der Waals surface area contributed by atoms with E-state index in [-0.39, 0.29) is 18.7 Å². The number of rotatable bonds is 6. The maximum atomic E-state index is 5.34. The van der Waals surface area contributed by atoms with Crippen LogP contribution in [0, 0.1) is 0 Å². The Bertz CT molecular complexity index is 575. The average Bonchev–Trinajstić information content (AvgIpc) is 3.28. The smallest absolute Gasteiger partial charge is 0.207 e. The standard InChI is InChI=1S/C18H23NO2S2.ClH/c1-20-17(21-2)11-19-7-3-14(4-8-19)18(15-5-9-22-12-15)16-6-10-23-13-16;/h5-6,9-10,12-13,17H,3-4,7-8,11H2,1-2H3;1H. The van der Waals surface area contributed by atoms with Crippen molar-refractivity contribution in [3.05, 3.63) is 50.4 Å². The number of nitrogens with one attached hydrogen (secondary N) is 1. The number of halogens is 1. The Labute approximate surface area is 158 Å². The van der Waals surface area contributed by atoms with E-state index in [1.165, 1.54) is 16.7 Å². The summed E-state index contributed by atoms with van der Waals surface area (Å²) in [6.45, 7) is 3.22. The van der Waals surface area contributed by atoms with E-state index in [1.54, 1.807) is 47.4 Å². The molecule has 0 unspecified atom stereocenters. The fraction of sp³-hybridized carbons (Fsp3) is 0.444. The maximum absolute atomic E-state index is 5.34. The lowest BCUT2D eigenvalue weighted by Crippen LogP contribution is -3.14. The first-order valence-electron chi connectivity index (χ1n) is 7.98. The Balaban J connectivity index is 0.00000208. The third kappa shape index (κ3) is 4.69. The van der Waals surface area contributed by atoms with Gasteiger partial charge in [-0.3, -0.25) is 0 Å². The summed E-state index contributed by atoms with van der Waals surface area (Å²) in [6.07, 6.45) is 2.20. The van der Waals surface area contributed by atoms with E-state index in [9.17, 15) is 0 Å². The van der Waals surface area contributed by atoms with Crippen LogP contribution in [0.2, 0.25) is 0 Å². The summed E-state index contributed by atoms with van der Waals surface area (Å²) in [5.41, 5.74) is 5.80. The minimum Gasteiger partial charge on any atom is -1.00 e. The molecule has 0 atom stereocenters. The minimum absolute atomic E-state index is 0. The van der Waals surface area contributed by atoms with Crippen molar-refractivity contribution in [2.75, 3.05) is 33.9 Å². The highest BCUT2D eigenvalue weighted by Gasteiger charge is 2.24. The van der Waals surface area contributed by atoms with Crippen molar-refractivity contribution in [1.29, 1.82) is 0 Å². The van der Waals surface area contributed by atoms with Gasteiger partial charge in [0, 0.05) is 27.1 Å². The maximum Gasteiger partial charge on any atom is 0.207 e. The Morgan fingerprint density at radius 2 is 1.58 bits per heavy atom. The lowest BCUT2D eigenvalue weighted by molar-refractivity contribution is -0.908. The molecule has 0 saturated carbocycles. The van der Waals surface area contributed by atoms with Gasteiger partial charge in [-0.2, -0.15) is 22.7 Å². The van der Waals surface area contributed by atoms with Gasteiger partial charge in [-0.25, -0.2) is 0 Å². The molecule has 1 aliphatic rings. The summed E-state index contributed by atoms with van der Waals surface area (Å²) in [6, 6.07) is 4.49. The molecule has 1 N–H and O–H groups in total. The third-order valence-corrected chi connectivity index (χ3v) is 5.88. The molecule has 3 rings (SSSR count). The minimum atomic E-state index is -0.0938. The Morgan fingerprint density at radius 3 is 2.00 bits per heavy atom. The van der Waals surface area contributed by atoms with E-state index in [4.69, 9.17) is 9.47 Å². The highest BCUT2D eigenvalue weighted by molar-refractivity contribution is 7.08. The third-order valence-electron chi connectivity index (χ3n) is 4.52. The molecule has 132 valence electrons. The van der Waals surface area contributed by atoms with E-state index >= 15 is 0 Å². The molecule has 1 fully saturated rings. The molecule has 3 nitrogen and oxygen atoms in total. The normalized spacial score (nSPS) is 17.8. The fourth-order valence-electron chi connectivity index (χ4n) is 3.25. The van der Waals surface area contributed by atoms with Gasteiger partial charge in [0.15, 0.2) is 0 Å². The number of methoxy groups -OCH3 is 2. The van der Waals surface area contributed by atoms with E-state index in [1.807, 2.05) is 0 Å². The van der Waals surface area contributed by atoms with Crippen LogP contribution in [-0.2, 0) is 9.47 Å². The number of hydrogen-bond acceptors (Lipinski definition) is 4. The second kappa shape index (κ2) is 9.70. The van der Waals surface area contributed by atoms with Gasteiger partial charge in [0.05, 0.1) is 13.1 Å². The summed E-state index contributed by atoms with van der Waals surface area (Å²) in [4.78, 5) is 1.57. The van der Waals surface area contributed by atoms with Gasteiger partial charge in [-0.15, -0.1) is 0 Å². The van der Waals surface area contributed by atoms with Crippen LogP contribution in [0.4, 0.5) is 0 Å². The predicted octanol–water partition coefficient (Wildman–Crippen LogP) is -0.0869. The number of ether oxygens (including phenoxy) is 2. The van der Waals surface area contributed by atoms with Gasteiger partial charge in [0.25, 0.3) is 0 Å². The van der Waals surface area contributed by atoms with Crippen molar-refractivity contribution < 1.29 is 26.8 Å². The Kier molecular flexibility index (Phi) is 7.94. The van der Waals surface area contributed by atoms with Crippen molar-refractivity contribution in [3.63, 3.8) is 0 Å². The zero-order chi connectivity index (χ0) is 16.1. The van der Waals surface area contributed by atoms with Crippen LogP contribution in [0.25, 0.3) is 5.57 Å². The molecule has 2 aromatic rings. The van der Waals surface area contributed by atoms with Gasteiger partial charge in [-0.05, 0) is 50.4 Å². The highest BCUT2D eigenvalue weighted by Crippen LogP contribution is 2.32. The summed E-state index contributed by atoms with van der Waals surface area (Å²) < 4.78 is 10.7. The molecule has 1 aliphatic heterocycles. The van der Waals surface area contributed by atoms with Gasteiger partial charge < -0.3 is 26.8 Å². The molecule has 0 amide bonds. The first-order valence-corrected chi connectivity index (χ1v) is 9.86. The van der Waals surface area contributed by atoms with Gasteiger partial charge in [0.1, 0.15) is 6.54 Å². The average molecular weight is 386 g/mol. The fourth-order valence-corrected chi connectivity index (χ4v) is 4.54. The number of likely N-dealkylation sites (tertiary alicyclic amines) is 1. The number of quaternary nitrogens is 1. The lowest BCUT2D eigenvalue weighted by Gasteiger charge is -2.29. The molecule has 2 aromatic heterocycles. The first-order chi connectivity index (χ1) is 11.3. The van der Waals surface area contributed by atoms with Crippen LogP contribution >= 0.6 is 22.7 Å². The number of thiophene rings is 2. The molecule has 0 radical (unpaired) electrons. The molecular weight excluding hydrogens is 362 g/mol. The quantitative estimate of drug-likeness (QED) is 0.702. The van der Waals surface area contributed by atoms with Crippen LogP contribution in [0.1, 0.15) is 24.0 Å². The predicted molar refractivity (Wildman–Crippen MR) is 97.3 cm³/mol. The molecular formula is C18H24ClNO2S2. The monoisotopic (exact) mass is 385 g/mol. The van der Waals surface area contributed by atoms with Gasteiger partial charge >= 0.3 is 0 Å². The van der Waals surface area contributed by atoms with E-state index in [2.05, 4.69) is 33.7 Å². The van der Waals surface area contributed by atoms with Crippen molar-refractivity contribution in [3.8, 4) is 0 Å². The molecule has 0 aromatic carbocycles. The summed E-state index contributed by atoms with van der Waals surface area (Å²) in [7, 11) is 3.43. The highest BCUT2D eigenvalue weighted by atomic mass is 35.5. The molecule has 0 aliphatic carbocycles. The molecule has 0 spiro atoms. The molecule has 1 saturated heterocycles. The van der Waals surface area contributed by atoms with Crippen molar-refractivity contribution in [2.45, 2.75) is 19.1 Å². The van der Waals surface area contributed by atoms with Crippen molar-refractivity contribution in [2.24, 2.45) is 0 Å². The Morgan fingerprint density at radius 1 is 1.04 bits per heavy atom. The number of hydrogen-bond donors (Lipinski definition) is 1. The Hall–Kier alpha value is -0.690. The van der Waals surface area contributed by atoms with Crippen LogP contribution in [0.5, 0.6) is 0 Å². The first kappa shape index (κ1) is 19.6. The van der Waals surface area contributed by atoms with Gasteiger partial charge in [-0.1, -0.05) is 5.57 Å². The van der Waals surface area contributed by atoms with Crippen LogP contribution in [-0.4, -0.2) is 40.1 Å². The topological polar surface area (TPSA) is 22.9 Å². The summed E-state index contributed by atoms with van der Waals surface area (Å²) in [5, 5.41) is 8.88. The lowest BCUT2D eigenvalue weighted by atomic mass is 9.91. The summed E-state index contributed by atoms with van der Waals surface area (Å²) in [5.74, 6) is 0. The van der Waals surface area contributed by atoms with Crippen molar-refractivity contribution >= 4 is 28.2 Å². The second-order valence-electron chi connectivity index (χ2n) is 5.86. The van der Waals surface area contributed by atoms with Gasteiger partial charge in [0.2, 0.25) is 6.29 Å². The van der Waals surface area contributed by atoms with Crippen molar-refractivity contribution in [1.82, 2.24) is 0 Å². The molecule has 24 heavy (non-hydrogen) atoms. The zero-order valence-corrected chi connectivity index (χ0v) is 16.5. The van der Waals surface area contributed by atoms with E-state index in [0.717, 1.165) is 32.5 Å². The van der Waals surface area contributed by atoms with Crippen LogP contribution < -0.4 is 17.3 Å².